The predicted octanol–water partition coefficient (Wildman–Crippen LogP) is 0.323. The summed E-state index contributed by atoms with van der Waals surface area (Å²) in [5.41, 5.74) is 0.749. The van der Waals surface area contributed by atoms with Crippen molar-refractivity contribution in [3.63, 3.8) is 0 Å². The van der Waals surface area contributed by atoms with Gasteiger partial charge >= 0.3 is 5.97 Å². The highest BCUT2D eigenvalue weighted by Crippen LogP contribution is 2.32. The van der Waals surface area contributed by atoms with E-state index in [0.29, 0.717) is 10.2 Å². The molecule has 0 bridgehead atoms. The Bertz CT molecular complexity index is 826. The summed E-state index contributed by atoms with van der Waals surface area (Å²) in [5, 5.41) is 19.5. The number of thiophene rings is 1. The first-order chi connectivity index (χ1) is 11.1. The highest BCUT2D eigenvalue weighted by molar-refractivity contribution is 7.18. The van der Waals surface area contributed by atoms with E-state index in [1.807, 2.05) is 0 Å². The van der Waals surface area contributed by atoms with Crippen molar-refractivity contribution in [3.8, 4) is 0 Å². The van der Waals surface area contributed by atoms with Gasteiger partial charge in [0, 0.05) is 11.4 Å². The molecule has 0 saturated heterocycles. The molecule has 0 spiro atoms. The lowest BCUT2D eigenvalue weighted by Crippen LogP contribution is -2.35. The van der Waals surface area contributed by atoms with E-state index in [2.05, 4.69) is 15.6 Å². The minimum absolute atomic E-state index is 0.0203. The third-order valence-electron chi connectivity index (χ3n) is 3.80. The molecule has 1 aliphatic rings. The summed E-state index contributed by atoms with van der Waals surface area (Å²) in [5.74, 6) is -1.44. The van der Waals surface area contributed by atoms with Gasteiger partial charge in [-0.3, -0.25) is 14.4 Å². The first kappa shape index (κ1) is 15.6. The van der Waals surface area contributed by atoms with Crippen LogP contribution in [0.4, 0.5) is 0 Å². The highest BCUT2D eigenvalue weighted by Gasteiger charge is 2.21. The van der Waals surface area contributed by atoms with Gasteiger partial charge in [-0.1, -0.05) is 5.21 Å². The number of nitrogens with zero attached hydrogens (tertiary/aromatic N) is 3. The van der Waals surface area contributed by atoms with Crippen LogP contribution in [-0.2, 0) is 29.0 Å². The molecule has 0 radical (unpaired) electrons. The number of fused-ring (bicyclic) bond motifs is 3. The quantitative estimate of drug-likeness (QED) is 0.813. The zero-order valence-corrected chi connectivity index (χ0v) is 13.2. The second-order valence-electron chi connectivity index (χ2n) is 5.44. The average molecular weight is 336 g/mol. The summed E-state index contributed by atoms with van der Waals surface area (Å²) < 4.78 is 1.04. The van der Waals surface area contributed by atoms with E-state index in [4.69, 9.17) is 5.11 Å². The Kier molecular flexibility index (Phi) is 4.37. The zero-order valence-electron chi connectivity index (χ0n) is 12.4. The van der Waals surface area contributed by atoms with E-state index in [9.17, 15) is 14.4 Å². The van der Waals surface area contributed by atoms with Gasteiger partial charge in [0.25, 0.3) is 5.56 Å². The fourth-order valence-corrected chi connectivity index (χ4v) is 3.91. The van der Waals surface area contributed by atoms with Crippen molar-refractivity contribution in [1.29, 1.82) is 0 Å². The summed E-state index contributed by atoms with van der Waals surface area (Å²) in [6.45, 7) is -0.238. The summed E-state index contributed by atoms with van der Waals surface area (Å²) in [6, 6.07) is 0. The van der Waals surface area contributed by atoms with Crippen LogP contribution in [0.3, 0.4) is 0 Å². The smallest absolute Gasteiger partial charge is 0.305 e. The van der Waals surface area contributed by atoms with Gasteiger partial charge < -0.3 is 10.4 Å². The van der Waals surface area contributed by atoms with E-state index in [1.165, 1.54) is 16.2 Å². The minimum atomic E-state index is -0.992. The number of aromatic nitrogens is 3. The second kappa shape index (κ2) is 6.45. The standard InChI is InChI=1S/C14H16N4O4S/c19-10(15-6-5-11(20)21)7-18-14(22)12-8-3-1-2-4-9(8)23-13(12)16-17-18/h1-7H2,(H,15,19)(H,20,21). The van der Waals surface area contributed by atoms with E-state index < -0.39 is 11.9 Å². The van der Waals surface area contributed by atoms with Gasteiger partial charge in [-0.05, 0) is 31.2 Å². The number of rotatable bonds is 5. The van der Waals surface area contributed by atoms with Gasteiger partial charge in [0.05, 0.1) is 11.8 Å². The van der Waals surface area contributed by atoms with Crippen LogP contribution in [0.5, 0.6) is 0 Å². The number of hydrogen-bond acceptors (Lipinski definition) is 6. The number of nitrogens with one attached hydrogen (secondary N) is 1. The highest BCUT2D eigenvalue weighted by atomic mass is 32.1. The molecule has 0 saturated carbocycles. The average Bonchev–Trinajstić information content (AvgIpc) is 2.89. The van der Waals surface area contributed by atoms with Crippen LogP contribution in [0.1, 0.15) is 29.7 Å². The summed E-state index contributed by atoms with van der Waals surface area (Å²) in [4.78, 5) is 36.6. The van der Waals surface area contributed by atoms with Gasteiger partial charge in [-0.2, -0.15) is 0 Å². The monoisotopic (exact) mass is 336 g/mol. The fraction of sp³-hybridized carbons (Fsp3) is 0.500. The van der Waals surface area contributed by atoms with Crippen molar-refractivity contribution in [1.82, 2.24) is 20.3 Å². The van der Waals surface area contributed by atoms with Crippen LogP contribution in [0.25, 0.3) is 10.2 Å². The molecule has 0 unspecified atom stereocenters. The molecule has 2 heterocycles. The number of aliphatic carboxylic acids is 1. The maximum absolute atomic E-state index is 12.6. The van der Waals surface area contributed by atoms with Crippen molar-refractivity contribution in [2.75, 3.05) is 6.54 Å². The Morgan fingerprint density at radius 1 is 1.30 bits per heavy atom. The van der Waals surface area contributed by atoms with Gasteiger partial charge in [-0.25, -0.2) is 4.68 Å². The van der Waals surface area contributed by atoms with Crippen LogP contribution in [0, 0.1) is 0 Å². The van der Waals surface area contributed by atoms with Crippen LogP contribution in [-0.4, -0.2) is 38.5 Å². The largest absolute Gasteiger partial charge is 0.481 e. The molecule has 2 N–H and O–H groups in total. The number of aryl methyl sites for hydroxylation is 2. The van der Waals surface area contributed by atoms with Crippen molar-refractivity contribution >= 4 is 33.4 Å². The van der Waals surface area contributed by atoms with Gasteiger partial charge in [0.2, 0.25) is 5.91 Å². The van der Waals surface area contributed by atoms with Crippen molar-refractivity contribution in [2.45, 2.75) is 38.6 Å². The third kappa shape index (κ3) is 3.24. The number of carboxylic acid groups (broad SMARTS) is 1. The molecular formula is C14H16N4O4S. The third-order valence-corrected chi connectivity index (χ3v) is 4.97. The Hall–Kier alpha value is -2.29. The molecule has 0 aromatic carbocycles. The van der Waals surface area contributed by atoms with E-state index >= 15 is 0 Å². The lowest BCUT2D eigenvalue weighted by molar-refractivity contribution is -0.136. The second-order valence-corrected chi connectivity index (χ2v) is 6.52. The number of hydrogen-bond donors (Lipinski definition) is 2. The predicted molar refractivity (Wildman–Crippen MR) is 83.6 cm³/mol. The van der Waals surface area contributed by atoms with E-state index in [1.54, 1.807) is 0 Å². The van der Waals surface area contributed by atoms with E-state index in [0.717, 1.165) is 35.9 Å². The molecule has 3 rings (SSSR count). The van der Waals surface area contributed by atoms with Gasteiger partial charge in [-0.15, -0.1) is 16.4 Å². The van der Waals surface area contributed by atoms with Gasteiger partial charge in [0.15, 0.2) is 4.83 Å². The summed E-state index contributed by atoms with van der Waals surface area (Å²) in [6.07, 6.45) is 3.83. The maximum Gasteiger partial charge on any atom is 0.305 e. The van der Waals surface area contributed by atoms with Crippen LogP contribution in [0.15, 0.2) is 4.79 Å². The first-order valence-electron chi connectivity index (χ1n) is 7.43. The van der Waals surface area contributed by atoms with Gasteiger partial charge in [0.1, 0.15) is 6.54 Å². The van der Waals surface area contributed by atoms with Crippen molar-refractivity contribution in [2.24, 2.45) is 0 Å². The molecule has 2 aromatic rings. The topological polar surface area (TPSA) is 114 Å². The number of carboxylic acids is 1. The molecule has 1 aliphatic carbocycles. The normalized spacial score (nSPS) is 13.7. The van der Waals surface area contributed by atoms with E-state index in [-0.39, 0.29) is 25.1 Å². The van der Waals surface area contributed by atoms with Crippen molar-refractivity contribution < 1.29 is 14.7 Å². The molecule has 122 valence electrons. The van der Waals surface area contributed by atoms with Crippen LogP contribution < -0.4 is 10.9 Å². The maximum atomic E-state index is 12.6. The number of amides is 1. The minimum Gasteiger partial charge on any atom is -0.481 e. The molecule has 9 heteroatoms. The first-order valence-corrected chi connectivity index (χ1v) is 8.24. The molecule has 1 amide bonds. The molecule has 8 nitrogen and oxygen atoms in total. The summed E-state index contributed by atoms with van der Waals surface area (Å²) >= 11 is 1.51. The molecule has 0 atom stereocenters. The molecular weight excluding hydrogens is 320 g/mol. The number of carbonyl (C=O) groups is 2. The molecule has 0 aliphatic heterocycles. The molecule has 0 fully saturated rings. The molecule has 2 aromatic heterocycles. The van der Waals surface area contributed by atoms with Crippen LogP contribution >= 0.6 is 11.3 Å². The Morgan fingerprint density at radius 2 is 2.09 bits per heavy atom. The molecule has 23 heavy (non-hydrogen) atoms. The van der Waals surface area contributed by atoms with Crippen LogP contribution in [0.2, 0.25) is 0 Å². The number of carbonyl (C=O) groups excluding carboxylic acids is 1. The lowest BCUT2D eigenvalue weighted by atomic mass is 9.97. The fourth-order valence-electron chi connectivity index (χ4n) is 2.71. The Labute approximate surface area is 135 Å². The Morgan fingerprint density at radius 3 is 2.87 bits per heavy atom. The Balaban J connectivity index is 1.82. The SMILES string of the molecule is O=C(O)CCNC(=O)Cn1nnc2sc3c(c2c1=O)CCCC3. The summed E-state index contributed by atoms with van der Waals surface area (Å²) in [7, 11) is 0. The zero-order chi connectivity index (χ0) is 16.4. The lowest BCUT2D eigenvalue weighted by Gasteiger charge is -2.10. The van der Waals surface area contributed by atoms with Crippen molar-refractivity contribution in [3.05, 3.63) is 20.8 Å².